The molecule has 4 rings (SSSR count). The van der Waals surface area contributed by atoms with Crippen LogP contribution >= 0.6 is 0 Å². The van der Waals surface area contributed by atoms with E-state index in [4.69, 9.17) is 4.42 Å². The Hall–Kier alpha value is -3.09. The average molecular weight is 366 g/mol. The molecular formula is C20H19FN4O2. The van der Waals surface area contributed by atoms with Crippen molar-refractivity contribution < 1.29 is 13.6 Å². The molecule has 0 saturated carbocycles. The third-order valence-corrected chi connectivity index (χ3v) is 4.73. The van der Waals surface area contributed by atoms with Crippen LogP contribution in [0.25, 0.3) is 0 Å². The summed E-state index contributed by atoms with van der Waals surface area (Å²) in [6, 6.07) is 6.34. The fourth-order valence-corrected chi connectivity index (χ4v) is 3.35. The highest BCUT2D eigenvalue weighted by atomic mass is 19.1. The van der Waals surface area contributed by atoms with E-state index < -0.39 is 0 Å². The molecule has 1 aliphatic heterocycles. The van der Waals surface area contributed by atoms with Crippen LogP contribution in [0.5, 0.6) is 0 Å². The van der Waals surface area contributed by atoms with E-state index in [0.717, 1.165) is 24.2 Å². The van der Waals surface area contributed by atoms with Gasteiger partial charge >= 0.3 is 0 Å². The molecule has 1 aliphatic rings. The monoisotopic (exact) mass is 366 g/mol. The Balaban J connectivity index is 1.43. The van der Waals surface area contributed by atoms with Crippen LogP contribution in [-0.2, 0) is 6.42 Å². The lowest BCUT2D eigenvalue weighted by molar-refractivity contribution is 0.0697. The number of aromatic nitrogens is 3. The van der Waals surface area contributed by atoms with Crippen molar-refractivity contribution in [1.29, 1.82) is 0 Å². The van der Waals surface area contributed by atoms with Gasteiger partial charge in [0.05, 0.1) is 17.7 Å². The first-order chi connectivity index (χ1) is 13.2. The quantitative estimate of drug-likeness (QED) is 0.709. The zero-order valence-electron chi connectivity index (χ0n) is 14.7. The molecular weight excluding hydrogens is 347 g/mol. The molecule has 0 bridgehead atoms. The van der Waals surface area contributed by atoms with Crippen LogP contribution in [0.1, 0.15) is 46.3 Å². The number of rotatable bonds is 4. The maximum Gasteiger partial charge on any atom is 0.257 e. The average Bonchev–Trinajstić information content (AvgIpc) is 3.18. The molecule has 27 heavy (non-hydrogen) atoms. The number of carbonyl (C=O) groups is 1. The number of hydrogen-bond donors (Lipinski definition) is 0. The Morgan fingerprint density at radius 3 is 2.74 bits per heavy atom. The molecule has 1 fully saturated rings. The summed E-state index contributed by atoms with van der Waals surface area (Å²) in [5.41, 5.74) is 1.45. The van der Waals surface area contributed by atoms with Gasteiger partial charge < -0.3 is 9.32 Å². The number of nitrogens with zero attached hydrogens (tertiary/aromatic N) is 4. The second-order valence-corrected chi connectivity index (χ2v) is 6.69. The van der Waals surface area contributed by atoms with E-state index >= 15 is 0 Å². The summed E-state index contributed by atoms with van der Waals surface area (Å²) >= 11 is 0. The molecule has 0 aliphatic carbocycles. The van der Waals surface area contributed by atoms with Crippen molar-refractivity contribution in [2.75, 3.05) is 13.1 Å². The molecule has 1 atom stereocenters. The number of likely N-dealkylation sites (tertiary alicyclic amines) is 1. The fourth-order valence-electron chi connectivity index (χ4n) is 3.35. The van der Waals surface area contributed by atoms with Gasteiger partial charge in [0, 0.05) is 31.9 Å². The van der Waals surface area contributed by atoms with Crippen LogP contribution in [0.2, 0.25) is 0 Å². The van der Waals surface area contributed by atoms with Gasteiger partial charge in [-0.05, 0) is 30.5 Å². The van der Waals surface area contributed by atoms with Gasteiger partial charge in [0.1, 0.15) is 17.9 Å². The van der Waals surface area contributed by atoms with E-state index in [2.05, 4.69) is 15.0 Å². The maximum absolute atomic E-state index is 13.0. The largest absolute Gasteiger partial charge is 0.445 e. The lowest BCUT2D eigenvalue weighted by atomic mass is 9.97. The van der Waals surface area contributed by atoms with Crippen molar-refractivity contribution in [1.82, 2.24) is 19.9 Å². The lowest BCUT2D eigenvalue weighted by Crippen LogP contribution is -2.39. The number of amides is 1. The Morgan fingerprint density at radius 1 is 1.19 bits per heavy atom. The summed E-state index contributed by atoms with van der Waals surface area (Å²) in [5, 5.41) is 0. The molecule has 0 unspecified atom stereocenters. The number of halogens is 1. The first-order valence-corrected chi connectivity index (χ1v) is 8.92. The van der Waals surface area contributed by atoms with Gasteiger partial charge in [-0.2, -0.15) is 0 Å². The normalized spacial score (nSPS) is 17.1. The summed E-state index contributed by atoms with van der Waals surface area (Å²) in [6.45, 7) is 1.26. The fraction of sp³-hybridized carbons (Fsp3) is 0.300. The molecule has 0 N–H and O–H groups in total. The zero-order chi connectivity index (χ0) is 18.6. The van der Waals surface area contributed by atoms with Crippen molar-refractivity contribution in [2.24, 2.45) is 0 Å². The number of carbonyl (C=O) groups excluding carboxylic acids is 1. The summed E-state index contributed by atoms with van der Waals surface area (Å²) in [4.78, 5) is 26.7. The van der Waals surface area contributed by atoms with Crippen molar-refractivity contribution in [2.45, 2.75) is 25.2 Å². The molecule has 138 valence electrons. The van der Waals surface area contributed by atoms with E-state index in [9.17, 15) is 9.18 Å². The maximum atomic E-state index is 13.0. The van der Waals surface area contributed by atoms with Gasteiger partial charge in [-0.15, -0.1) is 0 Å². The highest BCUT2D eigenvalue weighted by Gasteiger charge is 2.28. The Labute approximate surface area is 156 Å². The number of piperidine rings is 1. The molecule has 1 aromatic carbocycles. The van der Waals surface area contributed by atoms with Crippen LogP contribution in [0, 0.1) is 5.82 Å². The molecule has 3 aromatic rings. The first-order valence-electron chi connectivity index (χ1n) is 8.92. The van der Waals surface area contributed by atoms with Gasteiger partial charge in [0.15, 0.2) is 5.89 Å². The van der Waals surface area contributed by atoms with Crippen LogP contribution in [0.4, 0.5) is 4.39 Å². The van der Waals surface area contributed by atoms with Crippen molar-refractivity contribution in [3.63, 3.8) is 0 Å². The van der Waals surface area contributed by atoms with Crippen LogP contribution < -0.4 is 0 Å². The zero-order valence-corrected chi connectivity index (χ0v) is 14.7. The summed E-state index contributed by atoms with van der Waals surface area (Å²) < 4.78 is 18.9. The minimum atomic E-state index is -0.257. The first kappa shape index (κ1) is 17.3. The second kappa shape index (κ2) is 7.65. The van der Waals surface area contributed by atoms with Gasteiger partial charge in [-0.1, -0.05) is 12.1 Å². The van der Waals surface area contributed by atoms with Crippen molar-refractivity contribution in [3.05, 3.63) is 77.8 Å². The van der Waals surface area contributed by atoms with Crippen LogP contribution in [-0.4, -0.2) is 38.8 Å². The summed E-state index contributed by atoms with van der Waals surface area (Å²) in [7, 11) is 0. The second-order valence-electron chi connectivity index (χ2n) is 6.69. The highest BCUT2D eigenvalue weighted by molar-refractivity contribution is 5.93. The van der Waals surface area contributed by atoms with E-state index in [1.807, 2.05) is 0 Å². The van der Waals surface area contributed by atoms with Crippen LogP contribution in [0.15, 0.2) is 53.6 Å². The van der Waals surface area contributed by atoms with E-state index in [1.54, 1.807) is 23.2 Å². The van der Waals surface area contributed by atoms with E-state index in [0.29, 0.717) is 31.0 Å². The van der Waals surface area contributed by atoms with Gasteiger partial charge in [-0.3, -0.25) is 4.79 Å². The minimum Gasteiger partial charge on any atom is -0.445 e. The van der Waals surface area contributed by atoms with E-state index in [1.165, 1.54) is 30.9 Å². The van der Waals surface area contributed by atoms with Crippen molar-refractivity contribution >= 4 is 5.91 Å². The number of hydrogen-bond acceptors (Lipinski definition) is 5. The Kier molecular flexibility index (Phi) is 4.91. The third kappa shape index (κ3) is 4.02. The predicted octanol–water partition coefficient (Wildman–Crippen LogP) is 3.21. The standard InChI is InChI=1S/C20H19FN4O2/c21-17-5-3-14(4-6-17)8-18-11-24-19(27-18)15-2-1-7-25(12-15)20(26)16-9-22-13-23-10-16/h3-6,9-11,13,15H,1-2,7-8,12H2/t15-/m0/s1. The minimum absolute atomic E-state index is 0.0642. The highest BCUT2D eigenvalue weighted by Crippen LogP contribution is 2.28. The Morgan fingerprint density at radius 2 is 1.96 bits per heavy atom. The lowest BCUT2D eigenvalue weighted by Gasteiger charge is -2.31. The van der Waals surface area contributed by atoms with Crippen molar-refractivity contribution in [3.8, 4) is 0 Å². The molecule has 1 saturated heterocycles. The molecule has 2 aromatic heterocycles. The summed E-state index contributed by atoms with van der Waals surface area (Å²) in [5.74, 6) is 1.12. The number of oxazole rings is 1. The molecule has 7 heteroatoms. The molecule has 6 nitrogen and oxygen atoms in total. The smallest absolute Gasteiger partial charge is 0.257 e. The van der Waals surface area contributed by atoms with E-state index in [-0.39, 0.29) is 17.6 Å². The summed E-state index contributed by atoms with van der Waals surface area (Å²) in [6.07, 6.45) is 8.56. The molecule has 1 amide bonds. The predicted molar refractivity (Wildman–Crippen MR) is 95.6 cm³/mol. The van der Waals surface area contributed by atoms with Gasteiger partial charge in [0.2, 0.25) is 0 Å². The Bertz CT molecular complexity index is 911. The van der Waals surface area contributed by atoms with Gasteiger partial charge in [-0.25, -0.2) is 19.3 Å². The molecule has 3 heterocycles. The molecule has 0 radical (unpaired) electrons. The van der Waals surface area contributed by atoms with Crippen LogP contribution in [0.3, 0.4) is 0 Å². The topological polar surface area (TPSA) is 72.1 Å². The van der Waals surface area contributed by atoms with Gasteiger partial charge in [0.25, 0.3) is 5.91 Å². The molecule has 0 spiro atoms. The SMILES string of the molecule is O=C(c1cncnc1)N1CCC[C@H](c2ncc(Cc3ccc(F)cc3)o2)C1. The number of benzene rings is 1. The third-order valence-electron chi connectivity index (χ3n) is 4.73.